The van der Waals surface area contributed by atoms with E-state index in [4.69, 9.17) is 4.74 Å². The highest BCUT2D eigenvalue weighted by Crippen LogP contribution is 2.14. The van der Waals surface area contributed by atoms with Gasteiger partial charge >= 0.3 is 0 Å². The van der Waals surface area contributed by atoms with Gasteiger partial charge in [-0.2, -0.15) is 0 Å². The zero-order valence-electron chi connectivity index (χ0n) is 17.1. The molecule has 0 aliphatic heterocycles. The van der Waals surface area contributed by atoms with Gasteiger partial charge in [-0.15, -0.1) is 0 Å². The van der Waals surface area contributed by atoms with E-state index in [1.54, 1.807) is 11.8 Å². The lowest BCUT2D eigenvalue weighted by Gasteiger charge is -2.29. The van der Waals surface area contributed by atoms with Crippen molar-refractivity contribution >= 4 is 11.8 Å². The van der Waals surface area contributed by atoms with Gasteiger partial charge in [-0.05, 0) is 44.9 Å². The SMILES string of the molecule is CC[C@H](C)NC(=O)[C@H](C)N(Cc1ccccc1)C(=O)COc1ccc(C)cc1. The molecule has 0 unspecified atom stereocenters. The van der Waals surface area contributed by atoms with E-state index in [0.29, 0.717) is 12.3 Å². The van der Waals surface area contributed by atoms with Crippen molar-refractivity contribution in [2.24, 2.45) is 0 Å². The summed E-state index contributed by atoms with van der Waals surface area (Å²) in [5, 5.41) is 2.96. The maximum atomic E-state index is 12.9. The number of hydrogen-bond donors (Lipinski definition) is 1. The van der Waals surface area contributed by atoms with Gasteiger partial charge in [0.2, 0.25) is 5.91 Å². The molecule has 0 aliphatic rings. The first-order valence-electron chi connectivity index (χ1n) is 9.74. The van der Waals surface area contributed by atoms with Gasteiger partial charge in [-0.25, -0.2) is 0 Å². The number of benzene rings is 2. The van der Waals surface area contributed by atoms with Crippen LogP contribution in [0.1, 0.15) is 38.3 Å². The second-order valence-corrected chi connectivity index (χ2v) is 7.10. The number of nitrogens with zero attached hydrogens (tertiary/aromatic N) is 1. The predicted molar refractivity (Wildman–Crippen MR) is 111 cm³/mol. The second kappa shape index (κ2) is 10.5. The molecule has 2 aromatic carbocycles. The Kier molecular flexibility index (Phi) is 8.05. The molecular formula is C23H30N2O3. The van der Waals surface area contributed by atoms with Gasteiger partial charge in [0.25, 0.3) is 5.91 Å². The highest BCUT2D eigenvalue weighted by molar-refractivity contribution is 5.88. The number of rotatable bonds is 9. The molecule has 0 saturated carbocycles. The highest BCUT2D eigenvalue weighted by Gasteiger charge is 2.27. The minimum absolute atomic E-state index is 0.0624. The predicted octanol–water partition coefficient (Wildman–Crippen LogP) is 3.71. The number of amides is 2. The zero-order chi connectivity index (χ0) is 20.5. The Labute approximate surface area is 167 Å². The number of ether oxygens (including phenoxy) is 1. The van der Waals surface area contributed by atoms with E-state index < -0.39 is 6.04 Å². The molecule has 0 aliphatic carbocycles. The fourth-order valence-electron chi connectivity index (χ4n) is 2.69. The summed E-state index contributed by atoms with van der Waals surface area (Å²) in [5.41, 5.74) is 2.09. The quantitative estimate of drug-likeness (QED) is 0.719. The molecule has 1 N–H and O–H groups in total. The fourth-order valence-corrected chi connectivity index (χ4v) is 2.69. The van der Waals surface area contributed by atoms with Crippen LogP contribution in [0, 0.1) is 6.92 Å². The van der Waals surface area contributed by atoms with Crippen LogP contribution in [0.4, 0.5) is 0 Å². The first-order chi connectivity index (χ1) is 13.4. The first kappa shape index (κ1) is 21.5. The fraction of sp³-hybridized carbons (Fsp3) is 0.391. The number of carbonyl (C=O) groups excluding carboxylic acids is 2. The lowest BCUT2D eigenvalue weighted by molar-refractivity contribution is -0.142. The third-order valence-electron chi connectivity index (χ3n) is 4.75. The second-order valence-electron chi connectivity index (χ2n) is 7.10. The van der Waals surface area contributed by atoms with E-state index in [1.165, 1.54) is 0 Å². The van der Waals surface area contributed by atoms with Crippen LogP contribution in [-0.2, 0) is 16.1 Å². The molecule has 5 heteroatoms. The van der Waals surface area contributed by atoms with Crippen LogP contribution in [0.15, 0.2) is 54.6 Å². The van der Waals surface area contributed by atoms with Crippen molar-refractivity contribution in [1.82, 2.24) is 10.2 Å². The Balaban J connectivity index is 2.10. The minimum Gasteiger partial charge on any atom is -0.484 e. The van der Waals surface area contributed by atoms with E-state index in [-0.39, 0.29) is 24.5 Å². The molecule has 0 fully saturated rings. The molecule has 5 nitrogen and oxygen atoms in total. The van der Waals surface area contributed by atoms with E-state index in [0.717, 1.165) is 17.5 Å². The molecule has 150 valence electrons. The Bertz CT molecular complexity index is 759. The molecule has 0 saturated heterocycles. The Morgan fingerprint density at radius 2 is 1.68 bits per heavy atom. The largest absolute Gasteiger partial charge is 0.484 e. The number of carbonyl (C=O) groups is 2. The Hall–Kier alpha value is -2.82. The van der Waals surface area contributed by atoms with Crippen LogP contribution in [0.2, 0.25) is 0 Å². The van der Waals surface area contributed by atoms with Gasteiger partial charge in [0.05, 0.1) is 0 Å². The third kappa shape index (κ3) is 6.41. The van der Waals surface area contributed by atoms with Crippen molar-refractivity contribution in [2.45, 2.75) is 52.7 Å². The molecule has 2 atom stereocenters. The van der Waals surface area contributed by atoms with Crippen molar-refractivity contribution in [2.75, 3.05) is 6.61 Å². The number of hydrogen-bond acceptors (Lipinski definition) is 3. The summed E-state index contributed by atoms with van der Waals surface area (Å²) in [7, 11) is 0. The van der Waals surface area contributed by atoms with E-state index in [2.05, 4.69) is 5.32 Å². The summed E-state index contributed by atoms with van der Waals surface area (Å²) < 4.78 is 5.65. The summed E-state index contributed by atoms with van der Waals surface area (Å²) in [6, 6.07) is 16.7. The topological polar surface area (TPSA) is 58.6 Å². The monoisotopic (exact) mass is 382 g/mol. The normalized spacial score (nSPS) is 12.7. The van der Waals surface area contributed by atoms with Crippen LogP contribution < -0.4 is 10.1 Å². The molecule has 0 radical (unpaired) electrons. The minimum atomic E-state index is -0.594. The zero-order valence-corrected chi connectivity index (χ0v) is 17.1. The van der Waals surface area contributed by atoms with Crippen LogP contribution >= 0.6 is 0 Å². The summed E-state index contributed by atoms with van der Waals surface area (Å²) in [6.45, 7) is 7.95. The molecule has 2 rings (SSSR count). The maximum absolute atomic E-state index is 12.9. The number of nitrogens with one attached hydrogen (secondary N) is 1. The van der Waals surface area contributed by atoms with Crippen LogP contribution in [0.3, 0.4) is 0 Å². The lowest BCUT2D eigenvalue weighted by Crippen LogP contribution is -2.50. The Morgan fingerprint density at radius 1 is 1.04 bits per heavy atom. The summed E-state index contributed by atoms with van der Waals surface area (Å²) in [4.78, 5) is 27.1. The number of aryl methyl sites for hydroxylation is 1. The summed E-state index contributed by atoms with van der Waals surface area (Å²) in [5.74, 6) is 0.250. The van der Waals surface area contributed by atoms with Gasteiger partial charge in [0, 0.05) is 12.6 Å². The van der Waals surface area contributed by atoms with E-state index in [9.17, 15) is 9.59 Å². The standard InChI is InChI=1S/C23H30N2O3/c1-5-18(3)24-23(27)19(4)25(15-20-9-7-6-8-10-20)22(26)16-28-21-13-11-17(2)12-14-21/h6-14,18-19H,5,15-16H2,1-4H3,(H,24,27)/t18-,19-/m0/s1. The maximum Gasteiger partial charge on any atom is 0.261 e. The lowest BCUT2D eigenvalue weighted by atomic mass is 10.1. The van der Waals surface area contributed by atoms with Crippen molar-refractivity contribution < 1.29 is 14.3 Å². The van der Waals surface area contributed by atoms with Crippen molar-refractivity contribution in [3.05, 3.63) is 65.7 Å². The van der Waals surface area contributed by atoms with E-state index in [1.807, 2.05) is 75.4 Å². The van der Waals surface area contributed by atoms with Gasteiger partial charge in [0.15, 0.2) is 6.61 Å². The molecule has 2 aromatic rings. The highest BCUT2D eigenvalue weighted by atomic mass is 16.5. The smallest absolute Gasteiger partial charge is 0.261 e. The molecular weight excluding hydrogens is 352 g/mol. The average Bonchev–Trinajstić information content (AvgIpc) is 2.71. The van der Waals surface area contributed by atoms with Crippen molar-refractivity contribution in [1.29, 1.82) is 0 Å². The van der Waals surface area contributed by atoms with E-state index >= 15 is 0 Å². The Morgan fingerprint density at radius 3 is 2.29 bits per heavy atom. The summed E-state index contributed by atoms with van der Waals surface area (Å²) >= 11 is 0. The van der Waals surface area contributed by atoms with Gasteiger partial charge < -0.3 is 15.0 Å². The van der Waals surface area contributed by atoms with Crippen LogP contribution in [-0.4, -0.2) is 35.4 Å². The van der Waals surface area contributed by atoms with Gasteiger partial charge in [-0.1, -0.05) is 55.0 Å². The molecule has 2 amide bonds. The van der Waals surface area contributed by atoms with Crippen molar-refractivity contribution in [3.63, 3.8) is 0 Å². The summed E-state index contributed by atoms with van der Waals surface area (Å²) in [6.07, 6.45) is 0.835. The van der Waals surface area contributed by atoms with Crippen LogP contribution in [0.25, 0.3) is 0 Å². The third-order valence-corrected chi connectivity index (χ3v) is 4.75. The molecule has 0 spiro atoms. The average molecular weight is 383 g/mol. The van der Waals surface area contributed by atoms with Gasteiger partial charge in [-0.3, -0.25) is 9.59 Å². The first-order valence-corrected chi connectivity index (χ1v) is 9.74. The van der Waals surface area contributed by atoms with Crippen LogP contribution in [0.5, 0.6) is 5.75 Å². The van der Waals surface area contributed by atoms with Gasteiger partial charge in [0.1, 0.15) is 11.8 Å². The van der Waals surface area contributed by atoms with Crippen molar-refractivity contribution in [3.8, 4) is 5.75 Å². The molecule has 0 aromatic heterocycles. The molecule has 0 bridgehead atoms. The molecule has 0 heterocycles. The molecule has 28 heavy (non-hydrogen) atoms.